The summed E-state index contributed by atoms with van der Waals surface area (Å²) >= 11 is -0.559. The maximum atomic E-state index is 14.0. The van der Waals surface area contributed by atoms with Crippen LogP contribution in [0.3, 0.4) is 0 Å². The smallest absolute Gasteiger partial charge is 0.384 e. The van der Waals surface area contributed by atoms with Gasteiger partial charge in [0.15, 0.2) is 5.76 Å². The van der Waals surface area contributed by atoms with E-state index in [-0.39, 0.29) is 5.41 Å². The van der Waals surface area contributed by atoms with Crippen molar-refractivity contribution < 1.29 is 61.8 Å². The van der Waals surface area contributed by atoms with E-state index in [9.17, 15) is 57.1 Å². The summed E-state index contributed by atoms with van der Waals surface area (Å²) in [5.74, 6) is -35.4. The van der Waals surface area contributed by atoms with Crippen molar-refractivity contribution in [2.75, 3.05) is 5.75 Å². The second-order valence-electron chi connectivity index (χ2n) is 4.62. The molecule has 1 aliphatic rings. The van der Waals surface area contributed by atoms with Crippen molar-refractivity contribution in [3.63, 3.8) is 0 Å². The quantitative estimate of drug-likeness (QED) is 0.538. The highest BCUT2D eigenvalue weighted by atomic mass is 32.2. The summed E-state index contributed by atoms with van der Waals surface area (Å²) in [6.07, 6.45) is -10.3. The van der Waals surface area contributed by atoms with Gasteiger partial charge in [-0.05, 0) is 0 Å². The van der Waals surface area contributed by atoms with Crippen molar-refractivity contribution in [3.05, 3.63) is 11.2 Å². The summed E-state index contributed by atoms with van der Waals surface area (Å²) in [6, 6.07) is 0. The molecule has 1 unspecified atom stereocenters. The van der Waals surface area contributed by atoms with Crippen molar-refractivity contribution in [1.82, 2.24) is 0 Å². The molecule has 0 aromatic carbocycles. The maximum absolute atomic E-state index is 14.0. The zero-order valence-corrected chi connectivity index (χ0v) is 12.0. The van der Waals surface area contributed by atoms with Gasteiger partial charge in [0.05, 0.1) is 5.75 Å². The fourth-order valence-corrected chi connectivity index (χ4v) is 2.32. The van der Waals surface area contributed by atoms with Crippen LogP contribution >= 0.6 is 11.8 Å². The third-order valence-electron chi connectivity index (χ3n) is 2.89. The molecular formula is C10H5F13OS. The number of alkyl halides is 13. The van der Waals surface area contributed by atoms with Gasteiger partial charge in [0.25, 0.3) is 0 Å². The number of ether oxygens (including phenoxy) is 1. The molecule has 0 aliphatic carbocycles. The monoisotopic (exact) mass is 420 g/mol. The number of allylic oxidation sites excluding steroid dienone is 1. The SMILES string of the molecule is FC(F)C(F)(F)C(F)(F)C1=CSCC(F)(C(F)(F)C(F)(F)C(F)F)O1. The Bertz CT molecular complexity index is 531. The normalized spacial score (nSPS) is 23.7. The zero-order valence-electron chi connectivity index (χ0n) is 11.2. The Morgan fingerprint density at radius 3 is 1.72 bits per heavy atom. The molecule has 1 atom stereocenters. The van der Waals surface area contributed by atoms with E-state index in [4.69, 9.17) is 0 Å². The van der Waals surface area contributed by atoms with E-state index in [1.165, 1.54) is 0 Å². The first kappa shape index (κ1) is 22.0. The lowest BCUT2D eigenvalue weighted by Gasteiger charge is -2.41. The van der Waals surface area contributed by atoms with Crippen LogP contribution in [0.2, 0.25) is 0 Å². The van der Waals surface area contributed by atoms with Crippen molar-refractivity contribution in [1.29, 1.82) is 0 Å². The van der Waals surface area contributed by atoms with E-state index >= 15 is 0 Å². The minimum atomic E-state index is -6.46. The molecule has 0 amide bonds. The number of thioether (sulfide) groups is 1. The minimum absolute atomic E-state index is 0.287. The molecular weight excluding hydrogens is 415 g/mol. The predicted octanol–water partition coefficient (Wildman–Crippen LogP) is 5.33. The molecule has 15 heteroatoms. The van der Waals surface area contributed by atoms with Crippen LogP contribution in [0.1, 0.15) is 0 Å². The van der Waals surface area contributed by atoms with Crippen LogP contribution in [-0.2, 0) is 4.74 Å². The Kier molecular flexibility index (Phi) is 5.55. The molecule has 0 aromatic heterocycles. The molecule has 148 valence electrons. The van der Waals surface area contributed by atoms with E-state index in [0.29, 0.717) is 0 Å². The Morgan fingerprint density at radius 1 is 0.880 bits per heavy atom. The molecule has 1 heterocycles. The first-order valence-corrected chi connectivity index (χ1v) is 6.77. The van der Waals surface area contributed by atoms with Gasteiger partial charge >= 0.3 is 42.4 Å². The van der Waals surface area contributed by atoms with Crippen LogP contribution in [0.4, 0.5) is 57.1 Å². The summed E-state index contributed by atoms with van der Waals surface area (Å²) < 4.78 is 170. The molecule has 0 saturated carbocycles. The van der Waals surface area contributed by atoms with E-state index < -0.39 is 65.7 Å². The minimum Gasteiger partial charge on any atom is -0.449 e. The van der Waals surface area contributed by atoms with Crippen LogP contribution in [0, 0.1) is 0 Å². The summed E-state index contributed by atoms with van der Waals surface area (Å²) in [7, 11) is 0. The molecule has 1 nitrogen and oxygen atoms in total. The average Bonchev–Trinajstić information content (AvgIpc) is 2.46. The van der Waals surface area contributed by atoms with E-state index in [1.807, 2.05) is 0 Å². The zero-order chi connectivity index (χ0) is 20.1. The lowest BCUT2D eigenvalue weighted by Crippen LogP contribution is -2.63. The van der Waals surface area contributed by atoms with Crippen molar-refractivity contribution >= 4 is 11.8 Å². The van der Waals surface area contributed by atoms with Gasteiger partial charge in [-0.25, -0.2) is 17.6 Å². The summed E-state index contributed by atoms with van der Waals surface area (Å²) in [5, 5.41) is -0.287. The molecule has 1 rings (SSSR count). The fraction of sp³-hybridized carbons (Fsp3) is 0.800. The van der Waals surface area contributed by atoms with E-state index in [0.717, 1.165) is 0 Å². The Labute approximate surface area is 134 Å². The molecule has 25 heavy (non-hydrogen) atoms. The molecule has 0 radical (unpaired) electrons. The van der Waals surface area contributed by atoms with Gasteiger partial charge in [-0.2, -0.15) is 39.5 Å². The summed E-state index contributed by atoms with van der Waals surface area (Å²) in [4.78, 5) is 0. The van der Waals surface area contributed by atoms with Gasteiger partial charge in [0, 0.05) is 5.41 Å². The van der Waals surface area contributed by atoms with Crippen molar-refractivity contribution in [2.45, 2.75) is 42.4 Å². The average molecular weight is 420 g/mol. The number of hydrogen-bond acceptors (Lipinski definition) is 2. The van der Waals surface area contributed by atoms with Crippen molar-refractivity contribution in [3.8, 4) is 0 Å². The number of rotatable bonds is 6. The highest BCUT2D eigenvalue weighted by molar-refractivity contribution is 8.02. The van der Waals surface area contributed by atoms with Crippen LogP contribution in [-0.4, -0.2) is 48.1 Å². The standard InChI is InChI=1S/C10H5F13OS/c11-4(12)8(18,19)7(16,17)3-1-25-2-6(15,24-3)10(22,23)9(20,21)5(13)14/h1,4-5H,2H2. The van der Waals surface area contributed by atoms with Gasteiger partial charge in [-0.15, -0.1) is 11.8 Å². The Balaban J connectivity index is 3.29. The second-order valence-corrected chi connectivity index (χ2v) is 5.48. The molecule has 0 saturated heterocycles. The fourth-order valence-electron chi connectivity index (χ4n) is 1.43. The molecule has 0 spiro atoms. The summed E-state index contributed by atoms with van der Waals surface area (Å²) in [5.41, 5.74) is 0. The molecule has 0 bridgehead atoms. The number of hydrogen-bond donors (Lipinski definition) is 0. The lowest BCUT2D eigenvalue weighted by molar-refractivity contribution is -0.364. The third-order valence-corrected chi connectivity index (χ3v) is 3.81. The molecule has 1 aliphatic heterocycles. The number of halogens is 13. The van der Waals surface area contributed by atoms with Crippen LogP contribution in [0.25, 0.3) is 0 Å². The van der Waals surface area contributed by atoms with Crippen LogP contribution < -0.4 is 0 Å². The van der Waals surface area contributed by atoms with Crippen LogP contribution in [0.15, 0.2) is 11.2 Å². The second kappa shape index (κ2) is 6.30. The maximum Gasteiger partial charge on any atom is 0.384 e. The van der Waals surface area contributed by atoms with Gasteiger partial charge in [0.1, 0.15) is 0 Å². The van der Waals surface area contributed by atoms with Gasteiger partial charge in [-0.3, -0.25) is 0 Å². The lowest BCUT2D eigenvalue weighted by atomic mass is 10.0. The highest BCUT2D eigenvalue weighted by Crippen LogP contribution is 2.55. The Morgan fingerprint density at radius 2 is 1.32 bits per heavy atom. The van der Waals surface area contributed by atoms with Gasteiger partial charge < -0.3 is 4.74 Å². The Hall–Kier alpha value is -1.02. The first-order chi connectivity index (χ1) is 10.9. The largest absolute Gasteiger partial charge is 0.449 e. The van der Waals surface area contributed by atoms with Gasteiger partial charge in [0.2, 0.25) is 0 Å². The van der Waals surface area contributed by atoms with Crippen molar-refractivity contribution in [2.24, 2.45) is 0 Å². The van der Waals surface area contributed by atoms with Gasteiger partial charge in [-0.1, -0.05) is 0 Å². The first-order valence-electron chi connectivity index (χ1n) is 5.73. The van der Waals surface area contributed by atoms with E-state index in [1.54, 1.807) is 0 Å². The molecule has 0 N–H and O–H groups in total. The van der Waals surface area contributed by atoms with Crippen LogP contribution in [0.5, 0.6) is 0 Å². The third kappa shape index (κ3) is 3.23. The van der Waals surface area contributed by atoms with E-state index in [2.05, 4.69) is 4.74 Å². The predicted molar refractivity (Wildman–Crippen MR) is 57.3 cm³/mol. The molecule has 0 fully saturated rings. The molecule has 0 aromatic rings. The topological polar surface area (TPSA) is 9.23 Å². The summed E-state index contributed by atoms with van der Waals surface area (Å²) in [6.45, 7) is 0. The highest BCUT2D eigenvalue weighted by Gasteiger charge is 2.78.